The second-order valence-electron chi connectivity index (χ2n) is 7.21. The molecule has 1 aliphatic heterocycles. The van der Waals surface area contributed by atoms with Crippen molar-refractivity contribution < 1.29 is 34.0 Å². The van der Waals surface area contributed by atoms with Gasteiger partial charge in [-0.3, -0.25) is 0 Å². The van der Waals surface area contributed by atoms with Gasteiger partial charge in [-0.05, 0) is 57.8 Å². The molecule has 1 aromatic rings. The summed E-state index contributed by atoms with van der Waals surface area (Å²) in [7, 11) is 0. The van der Waals surface area contributed by atoms with Gasteiger partial charge in [-0.15, -0.1) is 0 Å². The highest BCUT2D eigenvalue weighted by Crippen LogP contribution is 2.27. The first kappa shape index (κ1) is 24.7. The van der Waals surface area contributed by atoms with Gasteiger partial charge in [-0.1, -0.05) is 19.1 Å². The highest BCUT2D eigenvalue weighted by molar-refractivity contribution is 6.27. The average Bonchev–Trinajstić information content (AvgIpc) is 2.67. The SMILES string of the molecule is CC1CCN(CCOCCOc2ccccc2OC(C)C)CC1.O=C(O)C(=O)O. The zero-order valence-corrected chi connectivity index (χ0v) is 17.5. The van der Waals surface area contributed by atoms with Gasteiger partial charge < -0.3 is 29.3 Å². The summed E-state index contributed by atoms with van der Waals surface area (Å²) in [5.41, 5.74) is 0. The van der Waals surface area contributed by atoms with Crippen LogP contribution in [0.1, 0.15) is 33.6 Å². The first-order chi connectivity index (χ1) is 13.8. The van der Waals surface area contributed by atoms with Crippen molar-refractivity contribution in [2.75, 3.05) is 39.5 Å². The zero-order valence-electron chi connectivity index (χ0n) is 17.5. The maximum absolute atomic E-state index is 9.10. The molecule has 8 heteroatoms. The minimum Gasteiger partial charge on any atom is -0.487 e. The topological polar surface area (TPSA) is 106 Å². The lowest BCUT2D eigenvalue weighted by Gasteiger charge is -2.29. The van der Waals surface area contributed by atoms with E-state index in [-0.39, 0.29) is 6.10 Å². The van der Waals surface area contributed by atoms with Crippen molar-refractivity contribution in [3.8, 4) is 11.5 Å². The number of likely N-dealkylation sites (tertiary alicyclic amines) is 1. The van der Waals surface area contributed by atoms with E-state index in [4.69, 9.17) is 34.0 Å². The van der Waals surface area contributed by atoms with Gasteiger partial charge in [0, 0.05) is 6.54 Å². The van der Waals surface area contributed by atoms with Gasteiger partial charge in [0.15, 0.2) is 11.5 Å². The van der Waals surface area contributed by atoms with E-state index in [0.29, 0.717) is 13.2 Å². The summed E-state index contributed by atoms with van der Waals surface area (Å²) in [6, 6.07) is 7.79. The monoisotopic (exact) mass is 411 g/mol. The third-order valence-corrected chi connectivity index (χ3v) is 4.31. The Hall–Kier alpha value is -2.32. The maximum atomic E-state index is 9.10. The first-order valence-electron chi connectivity index (χ1n) is 9.94. The summed E-state index contributed by atoms with van der Waals surface area (Å²) in [5.74, 6) is -1.18. The number of carboxylic acids is 2. The van der Waals surface area contributed by atoms with E-state index in [2.05, 4.69) is 11.8 Å². The van der Waals surface area contributed by atoms with Crippen LogP contribution in [-0.4, -0.2) is 72.6 Å². The predicted octanol–water partition coefficient (Wildman–Crippen LogP) is 2.76. The largest absolute Gasteiger partial charge is 0.487 e. The van der Waals surface area contributed by atoms with Crippen LogP contribution in [0.4, 0.5) is 0 Å². The summed E-state index contributed by atoms with van der Waals surface area (Å²) >= 11 is 0. The minimum atomic E-state index is -1.82. The van der Waals surface area contributed by atoms with Crippen LogP contribution in [0.15, 0.2) is 24.3 Å². The lowest BCUT2D eigenvalue weighted by Crippen LogP contribution is -2.35. The van der Waals surface area contributed by atoms with Crippen molar-refractivity contribution in [1.29, 1.82) is 0 Å². The van der Waals surface area contributed by atoms with E-state index in [1.807, 2.05) is 38.1 Å². The molecule has 1 saturated heterocycles. The van der Waals surface area contributed by atoms with Crippen LogP contribution in [0.2, 0.25) is 0 Å². The summed E-state index contributed by atoms with van der Waals surface area (Å²) in [5, 5.41) is 14.8. The predicted molar refractivity (Wildman–Crippen MR) is 109 cm³/mol. The second kappa shape index (κ2) is 13.8. The van der Waals surface area contributed by atoms with Gasteiger partial charge in [0.05, 0.1) is 19.3 Å². The maximum Gasteiger partial charge on any atom is 0.414 e. The lowest BCUT2D eigenvalue weighted by atomic mass is 9.99. The first-order valence-corrected chi connectivity index (χ1v) is 9.94. The van der Waals surface area contributed by atoms with E-state index in [9.17, 15) is 0 Å². The number of aliphatic carboxylic acids is 2. The van der Waals surface area contributed by atoms with Gasteiger partial charge >= 0.3 is 11.9 Å². The molecule has 0 aliphatic carbocycles. The molecular formula is C21H33NO7. The third kappa shape index (κ3) is 11.3. The van der Waals surface area contributed by atoms with Crippen molar-refractivity contribution in [3.63, 3.8) is 0 Å². The van der Waals surface area contributed by atoms with Crippen molar-refractivity contribution in [1.82, 2.24) is 4.90 Å². The smallest absolute Gasteiger partial charge is 0.414 e. The lowest BCUT2D eigenvalue weighted by molar-refractivity contribution is -0.159. The summed E-state index contributed by atoms with van der Waals surface area (Å²) in [6.45, 7) is 11.8. The summed E-state index contributed by atoms with van der Waals surface area (Å²) in [4.78, 5) is 20.7. The molecule has 0 spiro atoms. The summed E-state index contributed by atoms with van der Waals surface area (Å²) in [6.07, 6.45) is 2.77. The van der Waals surface area contributed by atoms with Crippen molar-refractivity contribution in [2.24, 2.45) is 5.92 Å². The summed E-state index contributed by atoms with van der Waals surface area (Å²) < 4.78 is 17.2. The number of ether oxygens (including phenoxy) is 3. The Labute approximate surface area is 172 Å². The molecule has 1 aromatic carbocycles. The number of para-hydroxylation sites is 2. The second-order valence-corrected chi connectivity index (χ2v) is 7.21. The van der Waals surface area contributed by atoms with Crippen molar-refractivity contribution in [3.05, 3.63) is 24.3 Å². The minimum absolute atomic E-state index is 0.142. The molecule has 0 unspecified atom stereocenters. The highest BCUT2D eigenvalue weighted by Gasteiger charge is 2.14. The number of hydrogen-bond acceptors (Lipinski definition) is 6. The van der Waals surface area contributed by atoms with Gasteiger partial charge in [0.25, 0.3) is 0 Å². The molecule has 0 saturated carbocycles. The zero-order chi connectivity index (χ0) is 21.6. The van der Waals surface area contributed by atoms with E-state index < -0.39 is 11.9 Å². The number of hydrogen-bond donors (Lipinski definition) is 2. The Morgan fingerprint density at radius 3 is 2.17 bits per heavy atom. The van der Waals surface area contributed by atoms with E-state index in [1.54, 1.807) is 0 Å². The molecule has 8 nitrogen and oxygen atoms in total. The molecule has 0 bridgehead atoms. The molecule has 0 radical (unpaired) electrons. The van der Waals surface area contributed by atoms with E-state index in [0.717, 1.165) is 30.6 Å². The van der Waals surface area contributed by atoms with Crippen LogP contribution in [0, 0.1) is 5.92 Å². The molecule has 1 fully saturated rings. The quantitative estimate of drug-likeness (QED) is 0.472. The fraction of sp³-hybridized carbons (Fsp3) is 0.619. The van der Waals surface area contributed by atoms with Crippen LogP contribution in [0.5, 0.6) is 11.5 Å². The fourth-order valence-electron chi connectivity index (χ4n) is 2.71. The number of carbonyl (C=O) groups is 2. The Balaban J connectivity index is 0.000000612. The van der Waals surface area contributed by atoms with E-state index >= 15 is 0 Å². The molecule has 2 N–H and O–H groups in total. The Kier molecular flexibility index (Phi) is 11.8. The van der Waals surface area contributed by atoms with Gasteiger partial charge in [-0.25, -0.2) is 9.59 Å². The number of benzene rings is 1. The Morgan fingerprint density at radius 1 is 1.03 bits per heavy atom. The van der Waals surface area contributed by atoms with Crippen LogP contribution in [-0.2, 0) is 14.3 Å². The van der Waals surface area contributed by atoms with Crippen LogP contribution in [0.25, 0.3) is 0 Å². The third-order valence-electron chi connectivity index (χ3n) is 4.31. The molecule has 164 valence electrons. The molecule has 0 aromatic heterocycles. The Morgan fingerprint density at radius 2 is 1.62 bits per heavy atom. The number of piperidine rings is 1. The van der Waals surface area contributed by atoms with Gasteiger partial charge in [0.2, 0.25) is 0 Å². The molecule has 0 atom stereocenters. The fourth-order valence-corrected chi connectivity index (χ4v) is 2.71. The molecule has 2 rings (SSSR count). The van der Waals surface area contributed by atoms with E-state index in [1.165, 1.54) is 25.9 Å². The van der Waals surface area contributed by atoms with Gasteiger partial charge in [0.1, 0.15) is 6.61 Å². The average molecular weight is 411 g/mol. The standard InChI is InChI=1S/C19H31NO3.C2H2O4/c1-16(2)23-19-7-5-4-6-18(19)22-15-14-21-13-12-20-10-8-17(3)9-11-20;3-1(4)2(5)6/h4-7,16-17H,8-15H2,1-3H3;(H,3,4)(H,5,6). The van der Waals surface area contributed by atoms with Crippen LogP contribution >= 0.6 is 0 Å². The van der Waals surface area contributed by atoms with Crippen molar-refractivity contribution >= 4 is 11.9 Å². The number of nitrogens with zero attached hydrogens (tertiary/aromatic N) is 1. The van der Waals surface area contributed by atoms with Crippen molar-refractivity contribution in [2.45, 2.75) is 39.7 Å². The molecule has 29 heavy (non-hydrogen) atoms. The van der Waals surface area contributed by atoms with Crippen LogP contribution < -0.4 is 9.47 Å². The van der Waals surface area contributed by atoms with Crippen LogP contribution in [0.3, 0.4) is 0 Å². The number of rotatable bonds is 9. The Bertz CT molecular complexity index is 601. The normalized spacial score (nSPS) is 14.8. The highest BCUT2D eigenvalue weighted by atomic mass is 16.5. The molecular weight excluding hydrogens is 378 g/mol. The molecule has 0 amide bonds. The van der Waals surface area contributed by atoms with Gasteiger partial charge in [-0.2, -0.15) is 0 Å². The molecule has 1 heterocycles. The molecule has 1 aliphatic rings. The number of carboxylic acid groups (broad SMARTS) is 2.